The Morgan fingerprint density at radius 2 is 2.20 bits per heavy atom. The lowest BCUT2D eigenvalue weighted by molar-refractivity contribution is -0.119. The molecule has 3 nitrogen and oxygen atoms in total. The van der Waals surface area contributed by atoms with Crippen molar-refractivity contribution in [3.8, 4) is 0 Å². The molecule has 2 aromatic rings. The van der Waals surface area contributed by atoms with Crippen molar-refractivity contribution in [1.82, 2.24) is 4.98 Å². The number of carbonyl (C=O) groups excluding carboxylic acids is 1. The summed E-state index contributed by atoms with van der Waals surface area (Å²) in [7, 11) is 0. The van der Waals surface area contributed by atoms with E-state index in [0.29, 0.717) is 17.4 Å². The molecule has 0 radical (unpaired) electrons. The Labute approximate surface area is 123 Å². The van der Waals surface area contributed by atoms with Gasteiger partial charge in [0.2, 0.25) is 5.91 Å². The van der Waals surface area contributed by atoms with E-state index in [4.69, 9.17) is 11.6 Å². The van der Waals surface area contributed by atoms with Crippen LogP contribution in [0.25, 0.3) is 10.9 Å². The summed E-state index contributed by atoms with van der Waals surface area (Å²) >= 11 is 6.01. The molecule has 0 spiro atoms. The van der Waals surface area contributed by atoms with Gasteiger partial charge in [0.25, 0.3) is 0 Å². The molecule has 0 fully saturated rings. The first kappa shape index (κ1) is 13.4. The third-order valence-electron chi connectivity index (χ3n) is 3.58. The molecule has 1 aliphatic heterocycles. The molecule has 2 heterocycles. The van der Waals surface area contributed by atoms with Crippen molar-refractivity contribution >= 4 is 34.2 Å². The summed E-state index contributed by atoms with van der Waals surface area (Å²) < 4.78 is 0. The summed E-state index contributed by atoms with van der Waals surface area (Å²) in [6.07, 6.45) is 1.44. The van der Waals surface area contributed by atoms with Crippen LogP contribution < -0.4 is 4.90 Å². The molecule has 1 aromatic carbocycles. The molecule has 104 valence electrons. The predicted molar refractivity (Wildman–Crippen MR) is 82.3 cm³/mol. The van der Waals surface area contributed by atoms with E-state index in [-0.39, 0.29) is 5.91 Å². The number of benzene rings is 1. The van der Waals surface area contributed by atoms with E-state index < -0.39 is 0 Å². The smallest absolute Gasteiger partial charge is 0.228 e. The van der Waals surface area contributed by atoms with Gasteiger partial charge in [0, 0.05) is 23.4 Å². The van der Waals surface area contributed by atoms with Crippen LogP contribution in [-0.2, 0) is 11.2 Å². The number of amides is 1. The minimum absolute atomic E-state index is 0.166. The van der Waals surface area contributed by atoms with Gasteiger partial charge >= 0.3 is 0 Å². The second-order valence-corrected chi connectivity index (χ2v) is 6.14. The maximum Gasteiger partial charge on any atom is 0.228 e. The number of rotatable bonds is 2. The van der Waals surface area contributed by atoms with E-state index in [1.165, 1.54) is 0 Å². The van der Waals surface area contributed by atoms with Gasteiger partial charge in [0.05, 0.1) is 5.52 Å². The van der Waals surface area contributed by atoms with E-state index in [1.807, 2.05) is 23.1 Å². The highest BCUT2D eigenvalue weighted by molar-refractivity contribution is 6.31. The molecule has 0 saturated carbocycles. The lowest BCUT2D eigenvalue weighted by Gasteiger charge is -2.17. The Balaban J connectivity index is 2.01. The number of fused-ring (bicyclic) bond motifs is 2. The SMILES string of the molecule is CC(C)CC(=O)N1CCc2cc3cc(Cl)ccc3nc21. The maximum atomic E-state index is 12.3. The summed E-state index contributed by atoms with van der Waals surface area (Å²) in [6, 6.07) is 7.76. The molecule has 4 heteroatoms. The fourth-order valence-corrected chi connectivity index (χ4v) is 2.82. The van der Waals surface area contributed by atoms with Gasteiger partial charge < -0.3 is 0 Å². The van der Waals surface area contributed by atoms with Crippen LogP contribution in [0.2, 0.25) is 5.02 Å². The molecule has 0 saturated heterocycles. The number of aromatic nitrogens is 1. The largest absolute Gasteiger partial charge is 0.296 e. The first-order valence-electron chi connectivity index (χ1n) is 6.94. The molecular formula is C16H17ClN2O. The van der Waals surface area contributed by atoms with Gasteiger partial charge in [-0.15, -0.1) is 0 Å². The standard InChI is InChI=1S/C16H17ClN2O/c1-10(2)7-15(20)19-6-5-11-8-12-9-13(17)3-4-14(12)18-16(11)19/h3-4,8-10H,5-7H2,1-2H3. The first-order chi connectivity index (χ1) is 9.54. The minimum atomic E-state index is 0.166. The molecule has 20 heavy (non-hydrogen) atoms. The lowest BCUT2D eigenvalue weighted by Crippen LogP contribution is -2.30. The Morgan fingerprint density at radius 3 is 2.95 bits per heavy atom. The molecular weight excluding hydrogens is 272 g/mol. The number of carbonyl (C=O) groups is 1. The summed E-state index contributed by atoms with van der Waals surface area (Å²) in [4.78, 5) is 18.7. The number of anilines is 1. The van der Waals surface area contributed by atoms with Crippen LogP contribution in [0.15, 0.2) is 24.3 Å². The van der Waals surface area contributed by atoms with Gasteiger partial charge in [-0.05, 0) is 42.2 Å². The van der Waals surface area contributed by atoms with Gasteiger partial charge in [0.1, 0.15) is 5.82 Å². The van der Waals surface area contributed by atoms with Crippen molar-refractivity contribution in [2.75, 3.05) is 11.4 Å². The van der Waals surface area contributed by atoms with Crippen LogP contribution in [0.5, 0.6) is 0 Å². The normalized spacial score (nSPS) is 14.1. The van der Waals surface area contributed by atoms with E-state index >= 15 is 0 Å². The average Bonchev–Trinajstić information content (AvgIpc) is 2.78. The minimum Gasteiger partial charge on any atom is -0.296 e. The third kappa shape index (κ3) is 2.38. The molecule has 0 N–H and O–H groups in total. The van der Waals surface area contributed by atoms with Crippen LogP contribution in [0.1, 0.15) is 25.8 Å². The zero-order valence-electron chi connectivity index (χ0n) is 11.7. The summed E-state index contributed by atoms with van der Waals surface area (Å²) in [5.41, 5.74) is 2.02. The Hall–Kier alpha value is -1.61. The summed E-state index contributed by atoms with van der Waals surface area (Å²) in [5.74, 6) is 1.36. The van der Waals surface area contributed by atoms with Crippen LogP contribution >= 0.6 is 11.6 Å². The van der Waals surface area contributed by atoms with Crippen molar-refractivity contribution < 1.29 is 4.79 Å². The number of hydrogen-bond donors (Lipinski definition) is 0. The lowest BCUT2D eigenvalue weighted by atomic mass is 10.1. The monoisotopic (exact) mass is 288 g/mol. The second kappa shape index (κ2) is 5.06. The maximum absolute atomic E-state index is 12.3. The Morgan fingerprint density at radius 1 is 1.40 bits per heavy atom. The quantitative estimate of drug-likeness (QED) is 0.841. The number of pyridine rings is 1. The van der Waals surface area contributed by atoms with Crippen molar-refractivity contribution in [2.45, 2.75) is 26.7 Å². The Kier molecular flexibility index (Phi) is 3.38. The van der Waals surface area contributed by atoms with Gasteiger partial charge in [-0.3, -0.25) is 9.69 Å². The highest BCUT2D eigenvalue weighted by atomic mass is 35.5. The molecule has 1 amide bonds. The van der Waals surface area contributed by atoms with E-state index in [1.54, 1.807) is 0 Å². The highest BCUT2D eigenvalue weighted by Gasteiger charge is 2.26. The second-order valence-electron chi connectivity index (χ2n) is 5.70. The van der Waals surface area contributed by atoms with Crippen LogP contribution in [0.4, 0.5) is 5.82 Å². The molecule has 1 aliphatic rings. The Bertz CT molecular complexity index is 681. The van der Waals surface area contributed by atoms with Gasteiger partial charge in [0.15, 0.2) is 0 Å². The first-order valence-corrected chi connectivity index (χ1v) is 7.32. The van der Waals surface area contributed by atoms with Gasteiger partial charge in [-0.1, -0.05) is 25.4 Å². The highest BCUT2D eigenvalue weighted by Crippen LogP contribution is 2.31. The zero-order chi connectivity index (χ0) is 14.3. The molecule has 0 aliphatic carbocycles. The average molecular weight is 289 g/mol. The van der Waals surface area contributed by atoms with Crippen molar-refractivity contribution in [3.63, 3.8) is 0 Å². The number of nitrogens with zero attached hydrogens (tertiary/aromatic N) is 2. The van der Waals surface area contributed by atoms with Gasteiger partial charge in [-0.25, -0.2) is 4.98 Å². The van der Waals surface area contributed by atoms with Gasteiger partial charge in [-0.2, -0.15) is 0 Å². The predicted octanol–water partition coefficient (Wildman–Crippen LogP) is 3.82. The summed E-state index contributed by atoms with van der Waals surface area (Å²) in [6.45, 7) is 4.85. The van der Waals surface area contributed by atoms with Crippen molar-refractivity contribution in [1.29, 1.82) is 0 Å². The number of halogens is 1. The van der Waals surface area contributed by atoms with E-state index in [2.05, 4.69) is 24.9 Å². The molecule has 3 rings (SSSR count). The van der Waals surface area contributed by atoms with Crippen LogP contribution in [0, 0.1) is 5.92 Å². The van der Waals surface area contributed by atoms with Crippen LogP contribution in [0.3, 0.4) is 0 Å². The topological polar surface area (TPSA) is 33.2 Å². The molecule has 1 aromatic heterocycles. The molecule has 0 atom stereocenters. The van der Waals surface area contributed by atoms with E-state index in [9.17, 15) is 4.79 Å². The third-order valence-corrected chi connectivity index (χ3v) is 3.81. The number of hydrogen-bond acceptors (Lipinski definition) is 2. The zero-order valence-corrected chi connectivity index (χ0v) is 12.4. The van der Waals surface area contributed by atoms with Crippen molar-refractivity contribution in [2.24, 2.45) is 5.92 Å². The molecule has 0 unspecified atom stereocenters. The molecule has 0 bridgehead atoms. The summed E-state index contributed by atoms with van der Waals surface area (Å²) in [5, 5.41) is 1.75. The van der Waals surface area contributed by atoms with E-state index in [0.717, 1.165) is 35.2 Å². The fourth-order valence-electron chi connectivity index (χ4n) is 2.64. The van der Waals surface area contributed by atoms with Crippen molar-refractivity contribution in [3.05, 3.63) is 34.9 Å². The van der Waals surface area contributed by atoms with Crippen LogP contribution in [-0.4, -0.2) is 17.4 Å². The fraction of sp³-hybridized carbons (Fsp3) is 0.375.